The highest BCUT2D eigenvalue weighted by Crippen LogP contribution is 2.29. The smallest absolute Gasteiger partial charge is 0.319 e. The van der Waals surface area contributed by atoms with E-state index in [0.717, 1.165) is 18.6 Å². The van der Waals surface area contributed by atoms with Crippen LogP contribution in [0.1, 0.15) is 24.0 Å². The van der Waals surface area contributed by atoms with Crippen molar-refractivity contribution in [2.75, 3.05) is 32.7 Å². The lowest BCUT2D eigenvalue weighted by molar-refractivity contribution is 0.247. The summed E-state index contributed by atoms with van der Waals surface area (Å²) in [5, 5.41) is 5.55. The van der Waals surface area contributed by atoms with Crippen molar-refractivity contribution in [3.8, 4) is 17.2 Å². The average Bonchev–Trinajstić information content (AvgIpc) is 2.71. The molecule has 2 N–H and O–H groups in total. The Balaban J connectivity index is 1.43. The van der Waals surface area contributed by atoms with Gasteiger partial charge in [0.15, 0.2) is 11.5 Å². The number of fused-ring (bicyclic) bond motifs is 1. The summed E-state index contributed by atoms with van der Waals surface area (Å²) < 4.78 is 16.2. The molecule has 0 aromatic heterocycles. The molecule has 0 saturated heterocycles. The first-order valence-corrected chi connectivity index (χ1v) is 9.21. The lowest BCUT2D eigenvalue weighted by Crippen LogP contribution is -2.32. The molecule has 6 nitrogen and oxygen atoms in total. The molecule has 0 radical (unpaired) electrons. The number of carbonyl (C=O) groups is 1. The number of rotatable bonds is 7. The Morgan fingerprint density at radius 3 is 2.52 bits per heavy atom. The minimum Gasteiger partial charge on any atom is -0.493 e. The second-order valence-electron chi connectivity index (χ2n) is 6.44. The van der Waals surface area contributed by atoms with Crippen molar-refractivity contribution >= 4 is 11.7 Å². The zero-order valence-corrected chi connectivity index (χ0v) is 15.8. The van der Waals surface area contributed by atoms with Gasteiger partial charge >= 0.3 is 6.03 Å². The molecular weight excluding hydrogens is 344 g/mol. The highest BCUT2D eigenvalue weighted by molar-refractivity contribution is 5.89. The third-order valence-electron chi connectivity index (χ3n) is 4.62. The van der Waals surface area contributed by atoms with Gasteiger partial charge in [0.25, 0.3) is 0 Å². The molecule has 144 valence electrons. The van der Waals surface area contributed by atoms with E-state index >= 15 is 0 Å². The Hall–Kier alpha value is -2.89. The monoisotopic (exact) mass is 370 g/mol. The Kier molecular flexibility index (Phi) is 6.41. The number of hydrogen-bond acceptors (Lipinski definition) is 4. The van der Waals surface area contributed by atoms with Gasteiger partial charge in [0.2, 0.25) is 0 Å². The summed E-state index contributed by atoms with van der Waals surface area (Å²) in [6.45, 7) is 0.828. The van der Waals surface area contributed by atoms with E-state index in [1.54, 1.807) is 32.4 Å². The van der Waals surface area contributed by atoms with Gasteiger partial charge in [0.05, 0.1) is 20.8 Å². The van der Waals surface area contributed by atoms with Crippen molar-refractivity contribution < 1.29 is 19.0 Å². The number of carbonyl (C=O) groups excluding carboxylic acids is 1. The molecule has 2 aromatic carbocycles. The summed E-state index contributed by atoms with van der Waals surface area (Å²) in [5.74, 6) is 2.03. The normalized spacial score (nSPS) is 12.7. The Morgan fingerprint density at radius 1 is 0.963 bits per heavy atom. The molecule has 2 aromatic rings. The minimum absolute atomic E-state index is 0.295. The van der Waals surface area contributed by atoms with Crippen LogP contribution < -0.4 is 24.8 Å². The van der Waals surface area contributed by atoms with Crippen LogP contribution in [0.5, 0.6) is 17.2 Å². The summed E-state index contributed by atoms with van der Waals surface area (Å²) in [4.78, 5) is 12.0. The quantitative estimate of drug-likeness (QED) is 0.728. The molecule has 0 unspecified atom stereocenters. The lowest BCUT2D eigenvalue weighted by Gasteiger charge is -2.17. The lowest BCUT2D eigenvalue weighted by atomic mass is 9.92. The van der Waals surface area contributed by atoms with Crippen LogP contribution in [0.3, 0.4) is 0 Å². The molecule has 27 heavy (non-hydrogen) atoms. The average molecular weight is 370 g/mol. The largest absolute Gasteiger partial charge is 0.493 e. The van der Waals surface area contributed by atoms with Gasteiger partial charge in [-0.1, -0.05) is 6.07 Å². The number of anilines is 1. The molecule has 3 rings (SSSR count). The fourth-order valence-corrected chi connectivity index (χ4v) is 3.22. The second-order valence-corrected chi connectivity index (χ2v) is 6.44. The molecular formula is C21H26N2O4. The molecule has 0 bridgehead atoms. The highest BCUT2D eigenvalue weighted by Gasteiger charge is 2.10. The van der Waals surface area contributed by atoms with Gasteiger partial charge < -0.3 is 24.8 Å². The Labute approximate surface area is 159 Å². The van der Waals surface area contributed by atoms with Crippen molar-refractivity contribution in [3.63, 3.8) is 0 Å². The van der Waals surface area contributed by atoms with E-state index in [9.17, 15) is 4.79 Å². The van der Waals surface area contributed by atoms with E-state index in [0.29, 0.717) is 30.3 Å². The number of amides is 2. The maximum absolute atomic E-state index is 12.0. The second kappa shape index (κ2) is 9.16. The molecule has 0 atom stereocenters. The van der Waals surface area contributed by atoms with Gasteiger partial charge in [-0.25, -0.2) is 4.79 Å². The predicted octanol–water partition coefficient (Wildman–Crippen LogP) is 3.78. The van der Waals surface area contributed by atoms with Crippen LogP contribution in [0.25, 0.3) is 0 Å². The molecule has 0 spiro atoms. The van der Waals surface area contributed by atoms with E-state index in [4.69, 9.17) is 14.2 Å². The van der Waals surface area contributed by atoms with Crippen LogP contribution in [0.2, 0.25) is 0 Å². The number of methoxy groups -OCH3 is 2. The summed E-state index contributed by atoms with van der Waals surface area (Å²) in [6.07, 6.45) is 4.80. The summed E-state index contributed by atoms with van der Waals surface area (Å²) in [5.41, 5.74) is 3.44. The van der Waals surface area contributed by atoms with E-state index in [2.05, 4.69) is 22.8 Å². The van der Waals surface area contributed by atoms with Gasteiger partial charge in [-0.3, -0.25) is 0 Å². The first-order chi connectivity index (χ1) is 13.2. The number of ether oxygens (including phenoxy) is 3. The minimum atomic E-state index is -0.295. The topological polar surface area (TPSA) is 68.8 Å². The fraction of sp³-hybridized carbons (Fsp3) is 0.381. The fourth-order valence-electron chi connectivity index (χ4n) is 3.22. The predicted molar refractivity (Wildman–Crippen MR) is 105 cm³/mol. The van der Waals surface area contributed by atoms with E-state index < -0.39 is 0 Å². The van der Waals surface area contributed by atoms with Crippen LogP contribution in [-0.2, 0) is 12.8 Å². The number of urea groups is 1. The molecule has 0 aliphatic heterocycles. The number of benzene rings is 2. The van der Waals surface area contributed by atoms with Gasteiger partial charge in [0, 0.05) is 11.8 Å². The maximum Gasteiger partial charge on any atom is 0.319 e. The van der Waals surface area contributed by atoms with Crippen LogP contribution in [0, 0.1) is 0 Å². The zero-order valence-electron chi connectivity index (χ0n) is 15.8. The molecule has 1 aliphatic rings. The zero-order chi connectivity index (χ0) is 19.1. The van der Waals surface area contributed by atoms with Crippen molar-refractivity contribution in [3.05, 3.63) is 47.5 Å². The first kappa shape index (κ1) is 18.9. The van der Waals surface area contributed by atoms with Crippen LogP contribution in [-0.4, -0.2) is 33.4 Å². The third kappa shape index (κ3) is 5.06. The van der Waals surface area contributed by atoms with Gasteiger partial charge in [0.1, 0.15) is 12.4 Å². The molecule has 0 saturated carbocycles. The van der Waals surface area contributed by atoms with Crippen LogP contribution in [0.15, 0.2) is 36.4 Å². The Morgan fingerprint density at radius 2 is 1.74 bits per heavy atom. The third-order valence-corrected chi connectivity index (χ3v) is 4.62. The van der Waals surface area contributed by atoms with E-state index in [1.165, 1.54) is 24.0 Å². The molecule has 0 heterocycles. The maximum atomic E-state index is 12.0. The standard InChI is InChI=1S/C21H26N2O4/c1-25-19-10-8-17(14-20(19)26-2)23-21(24)22-11-12-27-18-9-7-15-5-3-4-6-16(15)13-18/h7-10,13-14H,3-6,11-12H2,1-2H3,(H2,22,23,24). The molecule has 6 heteroatoms. The summed E-state index contributed by atoms with van der Waals surface area (Å²) in [7, 11) is 3.12. The van der Waals surface area contributed by atoms with Crippen LogP contribution >= 0.6 is 0 Å². The molecule has 1 aliphatic carbocycles. The van der Waals surface area contributed by atoms with Gasteiger partial charge in [-0.2, -0.15) is 0 Å². The van der Waals surface area contributed by atoms with E-state index in [-0.39, 0.29) is 6.03 Å². The van der Waals surface area contributed by atoms with Gasteiger partial charge in [-0.05, 0) is 61.1 Å². The number of hydrogen-bond donors (Lipinski definition) is 2. The van der Waals surface area contributed by atoms with Crippen molar-refractivity contribution in [2.24, 2.45) is 0 Å². The van der Waals surface area contributed by atoms with Crippen molar-refractivity contribution in [1.29, 1.82) is 0 Å². The summed E-state index contributed by atoms with van der Waals surface area (Å²) >= 11 is 0. The highest BCUT2D eigenvalue weighted by atomic mass is 16.5. The molecule has 2 amide bonds. The van der Waals surface area contributed by atoms with E-state index in [1.807, 2.05) is 6.07 Å². The van der Waals surface area contributed by atoms with Crippen LogP contribution in [0.4, 0.5) is 10.5 Å². The Bertz CT molecular complexity index is 792. The number of aryl methyl sites for hydroxylation is 2. The SMILES string of the molecule is COc1ccc(NC(=O)NCCOc2ccc3c(c2)CCCC3)cc1OC. The van der Waals surface area contributed by atoms with Crippen molar-refractivity contribution in [1.82, 2.24) is 5.32 Å². The molecule has 0 fully saturated rings. The summed E-state index contributed by atoms with van der Waals surface area (Å²) in [6, 6.07) is 11.2. The van der Waals surface area contributed by atoms with Crippen molar-refractivity contribution in [2.45, 2.75) is 25.7 Å². The first-order valence-electron chi connectivity index (χ1n) is 9.21. The number of nitrogens with one attached hydrogen (secondary N) is 2. The van der Waals surface area contributed by atoms with Gasteiger partial charge in [-0.15, -0.1) is 0 Å².